The van der Waals surface area contributed by atoms with Crippen LogP contribution in [0.5, 0.6) is 0 Å². The number of carboxylic acid groups (broad SMARTS) is 1. The molecule has 0 atom stereocenters. The van der Waals surface area contributed by atoms with Gasteiger partial charge in [-0.1, -0.05) is 5.21 Å². The van der Waals surface area contributed by atoms with Crippen LogP contribution in [-0.4, -0.2) is 32.0 Å². The van der Waals surface area contributed by atoms with Crippen molar-refractivity contribution in [2.45, 2.75) is 13.5 Å². The van der Waals surface area contributed by atoms with Crippen molar-refractivity contribution in [1.29, 1.82) is 0 Å². The topological polar surface area (TPSA) is 97.1 Å². The molecule has 0 saturated carbocycles. The highest BCUT2D eigenvalue weighted by Crippen LogP contribution is 2.32. The Labute approximate surface area is 136 Å². The zero-order chi connectivity index (χ0) is 15.6. The van der Waals surface area contributed by atoms with E-state index < -0.39 is 11.9 Å². The molecule has 2 aromatic rings. The lowest BCUT2D eigenvalue weighted by molar-refractivity contribution is -0.137. The third-order valence-electron chi connectivity index (χ3n) is 2.49. The lowest BCUT2D eigenvalue weighted by atomic mass is 10.2. The van der Waals surface area contributed by atoms with E-state index in [4.69, 9.17) is 5.11 Å². The molecule has 2 N–H and O–H groups in total. The molecule has 1 aromatic carbocycles. The van der Waals surface area contributed by atoms with E-state index in [0.29, 0.717) is 5.69 Å². The highest BCUT2D eigenvalue weighted by Gasteiger charge is 2.15. The number of benzene rings is 1. The number of hydrogen-bond donors (Lipinski definition) is 2. The summed E-state index contributed by atoms with van der Waals surface area (Å²) < 4.78 is 2.53. The molecule has 21 heavy (non-hydrogen) atoms. The van der Waals surface area contributed by atoms with Crippen molar-refractivity contribution in [2.24, 2.45) is 0 Å². The normalized spacial score (nSPS) is 10.4. The van der Waals surface area contributed by atoms with Crippen LogP contribution in [0.4, 0.5) is 5.69 Å². The maximum Gasteiger partial charge on any atom is 0.325 e. The Morgan fingerprint density at radius 3 is 2.52 bits per heavy atom. The van der Waals surface area contributed by atoms with Crippen LogP contribution in [0.1, 0.15) is 16.1 Å². The van der Waals surface area contributed by atoms with Gasteiger partial charge in [0.05, 0.1) is 11.9 Å². The van der Waals surface area contributed by atoms with Gasteiger partial charge in [0, 0.05) is 8.95 Å². The molecule has 1 aromatic heterocycles. The molecule has 0 aliphatic heterocycles. The molecule has 0 radical (unpaired) electrons. The number of anilines is 1. The van der Waals surface area contributed by atoms with Crippen molar-refractivity contribution in [3.63, 3.8) is 0 Å². The van der Waals surface area contributed by atoms with E-state index >= 15 is 0 Å². The van der Waals surface area contributed by atoms with Crippen LogP contribution < -0.4 is 5.32 Å². The first-order valence-electron chi connectivity index (χ1n) is 5.75. The summed E-state index contributed by atoms with van der Waals surface area (Å²) in [7, 11) is 0. The highest BCUT2D eigenvalue weighted by molar-refractivity contribution is 9.11. The molecule has 9 heteroatoms. The highest BCUT2D eigenvalue weighted by atomic mass is 79.9. The van der Waals surface area contributed by atoms with E-state index in [9.17, 15) is 9.59 Å². The molecule has 110 valence electrons. The number of carbonyl (C=O) groups excluding carboxylic acids is 1. The first-order chi connectivity index (χ1) is 9.86. The summed E-state index contributed by atoms with van der Waals surface area (Å²) in [5, 5.41) is 18.6. The second-order valence-electron chi connectivity index (χ2n) is 4.25. The molecule has 1 heterocycles. The minimum Gasteiger partial charge on any atom is -0.480 e. The van der Waals surface area contributed by atoms with Gasteiger partial charge in [-0.3, -0.25) is 9.59 Å². The maximum atomic E-state index is 12.1. The van der Waals surface area contributed by atoms with E-state index in [1.54, 1.807) is 0 Å². The summed E-state index contributed by atoms with van der Waals surface area (Å²) >= 11 is 6.75. The molecule has 0 spiro atoms. The number of halogens is 2. The zero-order valence-electron chi connectivity index (χ0n) is 10.8. The largest absolute Gasteiger partial charge is 0.480 e. The fourth-order valence-electron chi connectivity index (χ4n) is 1.62. The molecule has 0 saturated heterocycles. The fourth-order valence-corrected chi connectivity index (χ4v) is 3.23. The lowest BCUT2D eigenvalue weighted by Crippen LogP contribution is -2.13. The van der Waals surface area contributed by atoms with Gasteiger partial charge < -0.3 is 10.4 Å². The number of aryl methyl sites for hydroxylation is 1. The molecule has 1 amide bonds. The number of carbonyl (C=O) groups is 2. The summed E-state index contributed by atoms with van der Waals surface area (Å²) in [4.78, 5) is 22.6. The average molecular weight is 418 g/mol. The number of amides is 1. The molecule has 0 fully saturated rings. The SMILES string of the molecule is Cc1cc(Br)c(NC(=O)c2cn(CC(=O)O)nn2)c(Br)c1. The van der Waals surface area contributed by atoms with Gasteiger partial charge in [-0.25, -0.2) is 4.68 Å². The molecule has 0 bridgehead atoms. The Morgan fingerprint density at radius 2 is 1.95 bits per heavy atom. The smallest absolute Gasteiger partial charge is 0.325 e. The Balaban J connectivity index is 2.18. The summed E-state index contributed by atoms with van der Waals surface area (Å²) in [5.41, 5.74) is 1.63. The predicted molar refractivity (Wildman–Crippen MR) is 82.2 cm³/mol. The average Bonchev–Trinajstić information content (AvgIpc) is 2.81. The van der Waals surface area contributed by atoms with Crippen molar-refractivity contribution in [1.82, 2.24) is 15.0 Å². The number of nitrogens with one attached hydrogen (secondary N) is 1. The van der Waals surface area contributed by atoms with Gasteiger partial charge in [0.1, 0.15) is 6.54 Å². The molecule has 0 unspecified atom stereocenters. The first kappa shape index (κ1) is 15.6. The number of carboxylic acids is 1. The molecule has 7 nitrogen and oxygen atoms in total. The van der Waals surface area contributed by atoms with Crippen molar-refractivity contribution in [3.8, 4) is 0 Å². The monoisotopic (exact) mass is 416 g/mol. The third kappa shape index (κ3) is 3.88. The lowest BCUT2D eigenvalue weighted by Gasteiger charge is -2.09. The van der Waals surface area contributed by atoms with E-state index in [-0.39, 0.29) is 12.2 Å². The Morgan fingerprint density at radius 1 is 1.33 bits per heavy atom. The van der Waals surface area contributed by atoms with E-state index in [0.717, 1.165) is 19.2 Å². The molecular weight excluding hydrogens is 408 g/mol. The van der Waals surface area contributed by atoms with Crippen molar-refractivity contribution < 1.29 is 14.7 Å². The van der Waals surface area contributed by atoms with E-state index in [1.807, 2.05) is 19.1 Å². The minimum absolute atomic E-state index is 0.0376. The number of aliphatic carboxylic acids is 1. The third-order valence-corrected chi connectivity index (χ3v) is 3.74. The van der Waals surface area contributed by atoms with Crippen LogP contribution in [0.25, 0.3) is 0 Å². The van der Waals surface area contributed by atoms with Crippen molar-refractivity contribution in [3.05, 3.63) is 38.5 Å². The Hall–Kier alpha value is -1.74. The fraction of sp³-hybridized carbons (Fsp3) is 0.167. The Bertz CT molecular complexity index is 691. The van der Waals surface area contributed by atoms with E-state index in [2.05, 4.69) is 47.5 Å². The van der Waals surface area contributed by atoms with Gasteiger partial charge in [0.15, 0.2) is 5.69 Å². The molecular formula is C12H10Br2N4O3. The first-order valence-corrected chi connectivity index (χ1v) is 7.34. The molecule has 0 aliphatic carbocycles. The second kappa shape index (κ2) is 6.35. The number of hydrogen-bond acceptors (Lipinski definition) is 4. The van der Waals surface area contributed by atoms with Crippen molar-refractivity contribution >= 4 is 49.4 Å². The van der Waals surface area contributed by atoms with E-state index in [1.165, 1.54) is 6.20 Å². The standard InChI is InChI=1S/C12H10Br2N4O3/c1-6-2-7(13)11(8(14)3-6)15-12(21)9-4-18(17-16-9)5-10(19)20/h2-4H,5H2,1H3,(H,15,21)(H,19,20). The summed E-state index contributed by atoms with van der Waals surface area (Å²) in [6.45, 7) is 1.58. The van der Waals surface area contributed by atoms with Crippen LogP contribution in [0.3, 0.4) is 0 Å². The van der Waals surface area contributed by atoms with Gasteiger partial charge in [0.2, 0.25) is 0 Å². The van der Waals surface area contributed by atoms with Crippen LogP contribution in [-0.2, 0) is 11.3 Å². The predicted octanol–water partition coefficient (Wildman–Crippen LogP) is 2.45. The van der Waals surface area contributed by atoms with Gasteiger partial charge in [0.25, 0.3) is 5.91 Å². The summed E-state index contributed by atoms with van der Waals surface area (Å²) in [6.07, 6.45) is 1.28. The minimum atomic E-state index is -1.06. The van der Waals surface area contributed by atoms with Gasteiger partial charge in [-0.05, 0) is 56.5 Å². The van der Waals surface area contributed by atoms with Crippen LogP contribution in [0.15, 0.2) is 27.3 Å². The van der Waals surface area contributed by atoms with Crippen LogP contribution in [0.2, 0.25) is 0 Å². The quantitative estimate of drug-likeness (QED) is 0.796. The second-order valence-corrected chi connectivity index (χ2v) is 5.96. The number of aromatic nitrogens is 3. The zero-order valence-corrected chi connectivity index (χ0v) is 14.0. The van der Waals surface area contributed by atoms with Crippen molar-refractivity contribution in [2.75, 3.05) is 5.32 Å². The molecule has 0 aliphatic rings. The Kier molecular flexibility index (Phi) is 4.73. The van der Waals surface area contributed by atoms with Crippen LogP contribution >= 0.6 is 31.9 Å². The van der Waals surface area contributed by atoms with Gasteiger partial charge in [-0.15, -0.1) is 5.10 Å². The van der Waals surface area contributed by atoms with Crippen LogP contribution in [0, 0.1) is 6.92 Å². The maximum absolute atomic E-state index is 12.1. The molecule has 2 rings (SSSR count). The van der Waals surface area contributed by atoms with Gasteiger partial charge >= 0.3 is 5.97 Å². The number of nitrogens with zero attached hydrogens (tertiary/aromatic N) is 3. The van der Waals surface area contributed by atoms with Gasteiger partial charge in [-0.2, -0.15) is 0 Å². The number of rotatable bonds is 4. The summed E-state index contributed by atoms with van der Waals surface area (Å²) in [5.74, 6) is -1.53. The summed E-state index contributed by atoms with van der Waals surface area (Å²) in [6, 6.07) is 3.73.